The second kappa shape index (κ2) is 4.90. The third-order valence-electron chi connectivity index (χ3n) is 6.02. The van der Waals surface area contributed by atoms with E-state index in [1.807, 2.05) is 13.8 Å². The van der Waals surface area contributed by atoms with Gasteiger partial charge in [0.15, 0.2) is 0 Å². The Morgan fingerprint density at radius 2 is 1.13 bits per heavy atom. The molecule has 120 valence electrons. The highest BCUT2D eigenvalue weighted by molar-refractivity contribution is 6.10. The standard InChI is InChI=1S/C21H24O2/c1-20(2)12-18(22)21(19(23)13-20)10-16-8-6-14-4-3-5-15(14)7-9-17(16)11-21/h6-9H,3-5,10-13H2,1-2H3/b8-6-,9-7-,14-6?,15-7?,16-8?,17-9?. The van der Waals surface area contributed by atoms with Crippen molar-refractivity contribution in [1.82, 2.24) is 0 Å². The van der Waals surface area contributed by atoms with E-state index in [0.29, 0.717) is 25.7 Å². The van der Waals surface area contributed by atoms with Gasteiger partial charge in [0.2, 0.25) is 0 Å². The number of ketones is 2. The van der Waals surface area contributed by atoms with E-state index in [2.05, 4.69) is 24.3 Å². The van der Waals surface area contributed by atoms with Crippen LogP contribution in [0.4, 0.5) is 0 Å². The van der Waals surface area contributed by atoms with Crippen molar-refractivity contribution in [3.63, 3.8) is 0 Å². The van der Waals surface area contributed by atoms with Crippen molar-refractivity contribution in [2.24, 2.45) is 10.8 Å². The molecule has 2 nitrogen and oxygen atoms in total. The minimum absolute atomic E-state index is 0.160. The van der Waals surface area contributed by atoms with Gasteiger partial charge in [-0.05, 0) is 59.8 Å². The highest BCUT2D eigenvalue weighted by Crippen LogP contribution is 2.52. The molecular weight excluding hydrogens is 284 g/mol. The number of carbonyl (C=O) groups excluding carboxylic acids is 2. The highest BCUT2D eigenvalue weighted by atomic mass is 16.2. The molecule has 0 bridgehead atoms. The van der Waals surface area contributed by atoms with Gasteiger partial charge in [0.05, 0.1) is 5.41 Å². The average Bonchev–Trinajstić information content (AvgIpc) is 3.02. The van der Waals surface area contributed by atoms with Gasteiger partial charge in [-0.15, -0.1) is 0 Å². The zero-order chi connectivity index (χ0) is 16.2. The molecule has 1 spiro atoms. The lowest BCUT2D eigenvalue weighted by Crippen LogP contribution is -2.46. The van der Waals surface area contributed by atoms with Crippen molar-refractivity contribution >= 4 is 11.6 Å². The Kier molecular flexibility index (Phi) is 3.16. The summed E-state index contributed by atoms with van der Waals surface area (Å²) < 4.78 is 0. The number of hydrogen-bond acceptors (Lipinski definition) is 2. The summed E-state index contributed by atoms with van der Waals surface area (Å²) >= 11 is 0. The van der Waals surface area contributed by atoms with E-state index in [-0.39, 0.29) is 17.0 Å². The summed E-state index contributed by atoms with van der Waals surface area (Å²) in [6.07, 6.45) is 14.6. The molecule has 2 heteroatoms. The molecule has 1 fully saturated rings. The SMILES string of the molecule is CC1(C)CC(=O)C2(CC3=C(/C=C\C4=C(/C=C\3)CCC4)C2)C(=O)C1. The van der Waals surface area contributed by atoms with E-state index >= 15 is 0 Å². The molecule has 0 aromatic heterocycles. The molecule has 0 saturated heterocycles. The lowest BCUT2D eigenvalue weighted by molar-refractivity contribution is -0.147. The summed E-state index contributed by atoms with van der Waals surface area (Å²) in [6, 6.07) is 0. The van der Waals surface area contributed by atoms with Crippen molar-refractivity contribution in [1.29, 1.82) is 0 Å². The van der Waals surface area contributed by atoms with Crippen LogP contribution in [0.3, 0.4) is 0 Å². The molecule has 0 aromatic rings. The zero-order valence-corrected chi connectivity index (χ0v) is 14.1. The molecule has 23 heavy (non-hydrogen) atoms. The number of rotatable bonds is 0. The molecule has 0 atom stereocenters. The maximum absolute atomic E-state index is 12.8. The first-order valence-corrected chi connectivity index (χ1v) is 8.77. The van der Waals surface area contributed by atoms with Gasteiger partial charge in [0.1, 0.15) is 11.6 Å². The summed E-state index contributed by atoms with van der Waals surface area (Å²) in [4.78, 5) is 25.7. The minimum Gasteiger partial charge on any atom is -0.299 e. The summed E-state index contributed by atoms with van der Waals surface area (Å²) in [5.74, 6) is 0.320. The largest absolute Gasteiger partial charge is 0.299 e. The normalized spacial score (nSPS) is 31.0. The van der Waals surface area contributed by atoms with E-state index in [9.17, 15) is 9.59 Å². The van der Waals surface area contributed by atoms with Gasteiger partial charge < -0.3 is 0 Å². The van der Waals surface area contributed by atoms with Crippen LogP contribution >= 0.6 is 0 Å². The van der Waals surface area contributed by atoms with E-state index in [1.54, 1.807) is 0 Å². The second-order valence-corrected chi connectivity index (χ2v) is 8.42. The quantitative estimate of drug-likeness (QED) is 0.612. The first-order chi connectivity index (χ1) is 10.9. The number of carbonyl (C=O) groups is 2. The van der Waals surface area contributed by atoms with Crippen LogP contribution in [0.2, 0.25) is 0 Å². The van der Waals surface area contributed by atoms with Crippen LogP contribution in [0.1, 0.15) is 58.8 Å². The number of hydrogen-bond donors (Lipinski definition) is 0. The van der Waals surface area contributed by atoms with Gasteiger partial charge in [-0.1, -0.05) is 38.2 Å². The summed E-state index contributed by atoms with van der Waals surface area (Å²) in [7, 11) is 0. The Hall–Kier alpha value is -1.70. The molecule has 1 saturated carbocycles. The number of Topliss-reactive ketones (excluding diaryl/α,β-unsaturated/α-hetero) is 2. The molecule has 4 aliphatic rings. The Morgan fingerprint density at radius 3 is 1.61 bits per heavy atom. The molecule has 0 heterocycles. The Morgan fingerprint density at radius 1 is 0.696 bits per heavy atom. The van der Waals surface area contributed by atoms with Crippen LogP contribution in [0.25, 0.3) is 0 Å². The van der Waals surface area contributed by atoms with Gasteiger partial charge in [-0.3, -0.25) is 9.59 Å². The Labute approximate surface area is 138 Å². The number of allylic oxidation sites excluding steroid dienone is 8. The maximum Gasteiger partial charge on any atom is 0.147 e. The Balaban J connectivity index is 1.65. The van der Waals surface area contributed by atoms with Gasteiger partial charge in [0, 0.05) is 12.8 Å². The zero-order valence-electron chi connectivity index (χ0n) is 14.1. The van der Waals surface area contributed by atoms with Crippen LogP contribution in [-0.2, 0) is 9.59 Å². The fourth-order valence-corrected chi connectivity index (χ4v) is 4.67. The smallest absolute Gasteiger partial charge is 0.147 e. The topological polar surface area (TPSA) is 34.1 Å². The van der Waals surface area contributed by atoms with Crippen LogP contribution in [0.15, 0.2) is 46.6 Å². The van der Waals surface area contributed by atoms with Crippen LogP contribution < -0.4 is 0 Å². The van der Waals surface area contributed by atoms with Crippen LogP contribution in [0, 0.1) is 10.8 Å². The lowest BCUT2D eigenvalue weighted by Gasteiger charge is -2.38. The molecular formula is C21H24O2. The Bertz CT molecular complexity index is 667. The third-order valence-corrected chi connectivity index (χ3v) is 6.02. The van der Waals surface area contributed by atoms with E-state index in [4.69, 9.17) is 0 Å². The van der Waals surface area contributed by atoms with Crippen molar-refractivity contribution in [3.8, 4) is 0 Å². The van der Waals surface area contributed by atoms with Crippen LogP contribution in [0.5, 0.6) is 0 Å². The monoisotopic (exact) mass is 308 g/mol. The minimum atomic E-state index is -0.760. The predicted molar refractivity (Wildman–Crippen MR) is 90.9 cm³/mol. The average molecular weight is 308 g/mol. The van der Waals surface area contributed by atoms with E-state index in [0.717, 1.165) is 12.8 Å². The van der Waals surface area contributed by atoms with Gasteiger partial charge in [-0.2, -0.15) is 0 Å². The van der Waals surface area contributed by atoms with Gasteiger partial charge >= 0.3 is 0 Å². The molecule has 0 amide bonds. The first kappa shape index (κ1) is 14.9. The molecule has 4 rings (SSSR count). The highest BCUT2D eigenvalue weighted by Gasteiger charge is 2.54. The predicted octanol–water partition coefficient (Wildman–Crippen LogP) is 4.63. The van der Waals surface area contributed by atoms with Crippen molar-refractivity contribution in [3.05, 3.63) is 46.6 Å². The summed E-state index contributed by atoms with van der Waals surface area (Å²) in [6.45, 7) is 4.06. The van der Waals surface area contributed by atoms with Crippen molar-refractivity contribution in [2.45, 2.75) is 58.8 Å². The van der Waals surface area contributed by atoms with E-state index < -0.39 is 5.41 Å². The molecule has 0 unspecified atom stereocenters. The molecule has 4 aliphatic carbocycles. The maximum atomic E-state index is 12.8. The third kappa shape index (κ3) is 2.31. The molecule has 0 radical (unpaired) electrons. The summed E-state index contributed by atoms with van der Waals surface area (Å²) in [5, 5.41) is 0. The fraction of sp³-hybridized carbons (Fsp3) is 0.524. The fourth-order valence-electron chi connectivity index (χ4n) is 4.67. The molecule has 0 N–H and O–H groups in total. The van der Waals surface area contributed by atoms with E-state index in [1.165, 1.54) is 28.7 Å². The van der Waals surface area contributed by atoms with Gasteiger partial charge in [0.25, 0.3) is 0 Å². The summed E-state index contributed by atoms with van der Waals surface area (Å²) in [5.41, 5.74) is 4.31. The van der Waals surface area contributed by atoms with Gasteiger partial charge in [-0.25, -0.2) is 0 Å². The second-order valence-electron chi connectivity index (χ2n) is 8.42. The lowest BCUT2D eigenvalue weighted by atomic mass is 9.62. The van der Waals surface area contributed by atoms with Crippen molar-refractivity contribution in [2.75, 3.05) is 0 Å². The van der Waals surface area contributed by atoms with Crippen molar-refractivity contribution < 1.29 is 9.59 Å². The first-order valence-electron chi connectivity index (χ1n) is 8.77. The van der Waals surface area contributed by atoms with Crippen LogP contribution in [-0.4, -0.2) is 11.6 Å². The molecule has 0 aliphatic heterocycles. The molecule has 0 aromatic carbocycles.